The maximum absolute atomic E-state index is 12.7. The summed E-state index contributed by atoms with van der Waals surface area (Å²) in [6, 6.07) is 8.14. The van der Waals surface area contributed by atoms with Gasteiger partial charge in [0.2, 0.25) is 5.75 Å². The standard InChI is InChI=1S/C15H16F3N3O2/c1-10(19)13-20-7-12(14(22)21(13)9-15(16,17)18)23-8-11-5-3-2-4-6-11/h2-7,10H,8-9,19H2,1H3/t10-/m0/s1. The van der Waals surface area contributed by atoms with Gasteiger partial charge in [-0.05, 0) is 12.5 Å². The van der Waals surface area contributed by atoms with Crippen LogP contribution in [0.4, 0.5) is 13.2 Å². The van der Waals surface area contributed by atoms with E-state index in [1.54, 1.807) is 24.3 Å². The second kappa shape index (κ2) is 6.82. The van der Waals surface area contributed by atoms with Crippen LogP contribution in [0.25, 0.3) is 0 Å². The van der Waals surface area contributed by atoms with Crippen LogP contribution < -0.4 is 16.0 Å². The van der Waals surface area contributed by atoms with Crippen molar-refractivity contribution in [1.29, 1.82) is 0 Å². The van der Waals surface area contributed by atoms with Crippen LogP contribution in [-0.4, -0.2) is 15.7 Å². The normalized spacial score (nSPS) is 12.9. The monoisotopic (exact) mass is 327 g/mol. The highest BCUT2D eigenvalue weighted by Gasteiger charge is 2.31. The molecule has 0 radical (unpaired) electrons. The summed E-state index contributed by atoms with van der Waals surface area (Å²) in [5.74, 6) is -0.387. The van der Waals surface area contributed by atoms with E-state index in [9.17, 15) is 18.0 Å². The summed E-state index contributed by atoms with van der Waals surface area (Å²) in [5, 5.41) is 0. The molecular formula is C15H16F3N3O2. The molecule has 0 unspecified atom stereocenters. The summed E-state index contributed by atoms with van der Waals surface area (Å²) in [7, 11) is 0. The minimum absolute atomic E-state index is 0.0568. The summed E-state index contributed by atoms with van der Waals surface area (Å²) in [4.78, 5) is 16.1. The third-order valence-corrected chi connectivity index (χ3v) is 3.03. The van der Waals surface area contributed by atoms with Gasteiger partial charge in [-0.25, -0.2) is 4.98 Å². The largest absolute Gasteiger partial charge is 0.482 e. The molecule has 0 aliphatic carbocycles. The fourth-order valence-electron chi connectivity index (χ4n) is 2.02. The third kappa shape index (κ3) is 4.56. The first-order valence-electron chi connectivity index (χ1n) is 6.86. The average molecular weight is 327 g/mol. The zero-order chi connectivity index (χ0) is 17.0. The SMILES string of the molecule is C[C@H](N)c1ncc(OCc2ccccc2)c(=O)n1CC(F)(F)F. The van der Waals surface area contributed by atoms with E-state index in [-0.39, 0.29) is 18.2 Å². The fourth-order valence-corrected chi connectivity index (χ4v) is 2.02. The molecule has 2 aromatic rings. The van der Waals surface area contributed by atoms with Crippen molar-refractivity contribution in [1.82, 2.24) is 9.55 Å². The van der Waals surface area contributed by atoms with E-state index < -0.39 is 24.3 Å². The van der Waals surface area contributed by atoms with Crippen molar-refractivity contribution in [2.24, 2.45) is 5.73 Å². The van der Waals surface area contributed by atoms with Crippen molar-refractivity contribution in [2.45, 2.75) is 32.3 Å². The molecule has 0 aliphatic heterocycles. The van der Waals surface area contributed by atoms with Crippen LogP contribution in [-0.2, 0) is 13.2 Å². The molecule has 124 valence electrons. The van der Waals surface area contributed by atoms with Gasteiger partial charge in [-0.15, -0.1) is 0 Å². The van der Waals surface area contributed by atoms with Gasteiger partial charge in [-0.2, -0.15) is 13.2 Å². The molecule has 0 fully saturated rings. The predicted octanol–water partition coefficient (Wildman–Crippen LogP) is 2.40. The van der Waals surface area contributed by atoms with Crippen molar-refractivity contribution < 1.29 is 17.9 Å². The second-order valence-electron chi connectivity index (χ2n) is 5.05. The van der Waals surface area contributed by atoms with Crippen LogP contribution in [0.15, 0.2) is 41.3 Å². The van der Waals surface area contributed by atoms with Gasteiger partial charge in [0.25, 0.3) is 5.56 Å². The molecule has 0 aliphatic rings. The highest BCUT2D eigenvalue weighted by molar-refractivity contribution is 5.18. The van der Waals surface area contributed by atoms with Gasteiger partial charge in [0.15, 0.2) is 0 Å². The number of benzene rings is 1. The Balaban J connectivity index is 2.31. The lowest BCUT2D eigenvalue weighted by Crippen LogP contribution is -2.34. The van der Waals surface area contributed by atoms with Crippen LogP contribution in [0.5, 0.6) is 5.75 Å². The first-order chi connectivity index (χ1) is 10.8. The number of alkyl halides is 3. The quantitative estimate of drug-likeness (QED) is 0.915. The summed E-state index contributed by atoms with van der Waals surface area (Å²) in [6.45, 7) is 0.0543. The Labute approximate surface area is 130 Å². The van der Waals surface area contributed by atoms with E-state index in [0.717, 1.165) is 11.8 Å². The molecule has 0 bridgehead atoms. The smallest absolute Gasteiger partial charge is 0.406 e. The van der Waals surface area contributed by atoms with Crippen molar-refractivity contribution >= 4 is 0 Å². The van der Waals surface area contributed by atoms with Gasteiger partial charge >= 0.3 is 6.18 Å². The highest BCUT2D eigenvalue weighted by Crippen LogP contribution is 2.19. The van der Waals surface area contributed by atoms with E-state index in [2.05, 4.69) is 4.98 Å². The maximum atomic E-state index is 12.7. The fraction of sp³-hybridized carbons (Fsp3) is 0.333. The van der Waals surface area contributed by atoms with E-state index in [1.807, 2.05) is 6.07 Å². The minimum atomic E-state index is -4.56. The number of hydrogen-bond donors (Lipinski definition) is 1. The first-order valence-corrected chi connectivity index (χ1v) is 6.86. The Hall–Kier alpha value is -2.35. The van der Waals surface area contributed by atoms with Crippen molar-refractivity contribution in [3.63, 3.8) is 0 Å². The number of aromatic nitrogens is 2. The van der Waals surface area contributed by atoms with Gasteiger partial charge in [-0.1, -0.05) is 30.3 Å². The number of hydrogen-bond acceptors (Lipinski definition) is 4. The molecule has 1 aromatic heterocycles. The Kier molecular flexibility index (Phi) is 5.05. The van der Waals surface area contributed by atoms with E-state index in [1.165, 1.54) is 6.92 Å². The Morgan fingerprint density at radius 3 is 2.52 bits per heavy atom. The van der Waals surface area contributed by atoms with Crippen LogP contribution in [0.3, 0.4) is 0 Å². The van der Waals surface area contributed by atoms with E-state index >= 15 is 0 Å². The number of ether oxygens (including phenoxy) is 1. The lowest BCUT2D eigenvalue weighted by atomic mass is 10.2. The molecule has 1 aromatic carbocycles. The minimum Gasteiger partial charge on any atom is -0.482 e. The summed E-state index contributed by atoms with van der Waals surface area (Å²) in [5.41, 5.74) is 5.47. The van der Waals surface area contributed by atoms with Gasteiger partial charge in [0.1, 0.15) is 19.0 Å². The topological polar surface area (TPSA) is 70.1 Å². The van der Waals surface area contributed by atoms with Crippen molar-refractivity contribution in [3.8, 4) is 5.75 Å². The first kappa shape index (κ1) is 17.0. The van der Waals surface area contributed by atoms with Crippen LogP contribution in [0.1, 0.15) is 24.4 Å². The number of halogens is 3. The summed E-state index contributed by atoms with van der Waals surface area (Å²) >= 11 is 0. The van der Waals surface area contributed by atoms with Gasteiger partial charge in [0.05, 0.1) is 12.2 Å². The maximum Gasteiger partial charge on any atom is 0.406 e. The molecule has 1 heterocycles. The summed E-state index contributed by atoms with van der Waals surface area (Å²) < 4.78 is 43.8. The van der Waals surface area contributed by atoms with Crippen molar-refractivity contribution in [2.75, 3.05) is 0 Å². The molecule has 0 saturated carbocycles. The molecule has 0 spiro atoms. The predicted molar refractivity (Wildman–Crippen MR) is 77.9 cm³/mol. The van der Waals surface area contributed by atoms with Crippen LogP contribution in [0.2, 0.25) is 0 Å². The average Bonchev–Trinajstić information content (AvgIpc) is 2.47. The molecule has 23 heavy (non-hydrogen) atoms. The highest BCUT2D eigenvalue weighted by atomic mass is 19.4. The van der Waals surface area contributed by atoms with Gasteiger partial charge in [-0.3, -0.25) is 9.36 Å². The van der Waals surface area contributed by atoms with Crippen LogP contribution >= 0.6 is 0 Å². The Morgan fingerprint density at radius 1 is 1.30 bits per heavy atom. The van der Waals surface area contributed by atoms with Crippen LogP contribution in [0, 0.1) is 0 Å². The molecule has 0 saturated heterocycles. The van der Waals surface area contributed by atoms with E-state index in [0.29, 0.717) is 4.57 Å². The summed E-state index contributed by atoms with van der Waals surface area (Å²) in [6.07, 6.45) is -3.45. The molecule has 8 heteroatoms. The Bertz CT molecular complexity index is 712. The van der Waals surface area contributed by atoms with Gasteiger partial charge in [0, 0.05) is 0 Å². The Morgan fingerprint density at radius 2 is 1.96 bits per heavy atom. The molecule has 2 N–H and O–H groups in total. The third-order valence-electron chi connectivity index (χ3n) is 3.03. The zero-order valence-electron chi connectivity index (χ0n) is 12.4. The molecule has 2 rings (SSSR count). The second-order valence-corrected chi connectivity index (χ2v) is 5.05. The molecular weight excluding hydrogens is 311 g/mol. The zero-order valence-corrected chi connectivity index (χ0v) is 12.4. The molecule has 0 amide bonds. The number of nitrogens with two attached hydrogens (primary N) is 1. The lowest BCUT2D eigenvalue weighted by molar-refractivity contribution is -0.141. The van der Waals surface area contributed by atoms with Gasteiger partial charge < -0.3 is 10.5 Å². The van der Waals surface area contributed by atoms with E-state index in [4.69, 9.17) is 10.5 Å². The van der Waals surface area contributed by atoms with Crippen molar-refractivity contribution in [3.05, 3.63) is 58.3 Å². The number of rotatable bonds is 5. The molecule has 1 atom stereocenters. The number of nitrogens with zero attached hydrogens (tertiary/aromatic N) is 2. The lowest BCUT2D eigenvalue weighted by Gasteiger charge is -2.17. The molecule has 5 nitrogen and oxygen atoms in total.